The zero-order valence-corrected chi connectivity index (χ0v) is 4.02. The Labute approximate surface area is 38.3 Å². The van der Waals surface area contributed by atoms with Crippen LogP contribution in [0.4, 0.5) is 0 Å². The first-order chi connectivity index (χ1) is 2.91. The molecule has 0 aromatic rings. The summed E-state index contributed by atoms with van der Waals surface area (Å²) in [7, 11) is 0. The van der Waals surface area contributed by atoms with Gasteiger partial charge < -0.3 is 5.11 Å². The summed E-state index contributed by atoms with van der Waals surface area (Å²) in [4.78, 5) is 0. The second-order valence-corrected chi connectivity index (χ2v) is 1.08. The summed E-state index contributed by atoms with van der Waals surface area (Å²) in [5.41, 5.74) is 0. The summed E-state index contributed by atoms with van der Waals surface area (Å²) in [6.45, 7) is 2.21. The van der Waals surface area contributed by atoms with Crippen LogP contribution in [0.15, 0.2) is 12.2 Å². The first-order valence-electron chi connectivity index (χ1n) is 2.14. The highest BCUT2D eigenvalue weighted by atomic mass is 16.2. The van der Waals surface area contributed by atoms with Crippen molar-refractivity contribution in [3.63, 3.8) is 0 Å². The highest BCUT2D eigenvalue weighted by Gasteiger charge is 1.65. The molecule has 0 saturated carbocycles. The van der Waals surface area contributed by atoms with E-state index in [1.54, 1.807) is 0 Å². The quantitative estimate of drug-likeness (QED) is 0.496. The van der Waals surface area contributed by atoms with E-state index in [1.165, 1.54) is 0 Å². The van der Waals surface area contributed by atoms with E-state index in [9.17, 15) is 0 Å². The normalized spacial score (nSPS) is 10.3. The lowest BCUT2D eigenvalue weighted by Gasteiger charge is -1.76. The van der Waals surface area contributed by atoms with Crippen LogP contribution >= 0.6 is 0 Å². The number of aliphatic hydroxyl groups is 1. The van der Waals surface area contributed by atoms with E-state index in [4.69, 9.17) is 5.11 Å². The van der Waals surface area contributed by atoms with Crippen LogP contribution in [0.3, 0.4) is 0 Å². The highest BCUT2D eigenvalue weighted by Crippen LogP contribution is 1.75. The van der Waals surface area contributed by atoms with Crippen molar-refractivity contribution in [1.82, 2.24) is 0 Å². The molecule has 0 fully saturated rings. The van der Waals surface area contributed by atoms with Gasteiger partial charge in [-0.05, 0) is 13.3 Å². The fourth-order valence-electron chi connectivity index (χ4n) is 0.241. The summed E-state index contributed by atoms with van der Waals surface area (Å²) in [5.74, 6) is 0. The van der Waals surface area contributed by atoms with Gasteiger partial charge in [0.2, 0.25) is 0 Å². The molecule has 1 nitrogen and oxygen atoms in total. The Morgan fingerprint density at radius 1 is 1.67 bits per heavy atom. The molecule has 0 heterocycles. The number of rotatable bonds is 2. The van der Waals surface area contributed by atoms with Crippen molar-refractivity contribution in [3.8, 4) is 0 Å². The molecule has 0 radical (unpaired) electrons. The van der Waals surface area contributed by atoms with Crippen LogP contribution in [0.5, 0.6) is 0 Å². The van der Waals surface area contributed by atoms with E-state index in [0.29, 0.717) is 0 Å². The van der Waals surface area contributed by atoms with Crippen LogP contribution in [0, 0.1) is 0 Å². The first kappa shape index (κ1) is 5.70. The molecule has 0 unspecified atom stereocenters. The van der Waals surface area contributed by atoms with Gasteiger partial charge in [0, 0.05) is 6.61 Å². The Morgan fingerprint density at radius 2 is 2.33 bits per heavy atom. The van der Waals surface area contributed by atoms with E-state index in [2.05, 4.69) is 0 Å². The average molecular weight is 86.1 g/mol. The summed E-state index contributed by atoms with van der Waals surface area (Å²) in [6.07, 6.45) is 4.65. The van der Waals surface area contributed by atoms with Crippen LogP contribution in [-0.4, -0.2) is 11.7 Å². The molecule has 0 aromatic heterocycles. The third kappa shape index (κ3) is 3.70. The maximum atomic E-state index is 8.15. The van der Waals surface area contributed by atoms with Gasteiger partial charge in [-0.25, -0.2) is 0 Å². The Morgan fingerprint density at radius 3 is 2.50 bits per heavy atom. The van der Waals surface area contributed by atoms with Gasteiger partial charge in [0.15, 0.2) is 0 Å². The predicted octanol–water partition coefficient (Wildman–Crippen LogP) is 0.945. The van der Waals surface area contributed by atoms with Crippen LogP contribution in [0.1, 0.15) is 13.3 Å². The average Bonchev–Trinajstić information content (AvgIpc) is 1.61. The van der Waals surface area contributed by atoms with Gasteiger partial charge in [-0.2, -0.15) is 0 Å². The Kier molecular flexibility index (Phi) is 4.46. The minimum atomic E-state index is 0.268. The summed E-state index contributed by atoms with van der Waals surface area (Å²) in [5, 5.41) is 8.15. The zero-order valence-electron chi connectivity index (χ0n) is 4.02. The van der Waals surface area contributed by atoms with E-state index in [-0.39, 0.29) is 6.61 Å². The minimum Gasteiger partial charge on any atom is -0.396 e. The molecule has 0 spiro atoms. The molecule has 0 rings (SSSR count). The third-order valence-electron chi connectivity index (χ3n) is 0.531. The monoisotopic (exact) mass is 86.1 g/mol. The molecule has 0 atom stereocenters. The van der Waals surface area contributed by atoms with E-state index < -0.39 is 0 Å². The molecule has 1 heteroatoms. The maximum absolute atomic E-state index is 8.15. The van der Waals surface area contributed by atoms with Crippen molar-refractivity contribution in [1.29, 1.82) is 0 Å². The molecular formula is C5H10O. The number of hydrogen-bond donors (Lipinski definition) is 1. The van der Waals surface area contributed by atoms with Crippen LogP contribution in [-0.2, 0) is 0 Å². The lowest BCUT2D eigenvalue weighted by Crippen LogP contribution is -1.73. The molecule has 0 aliphatic rings. The highest BCUT2D eigenvalue weighted by molar-refractivity contribution is 4.75. The van der Waals surface area contributed by atoms with Gasteiger partial charge in [0.1, 0.15) is 0 Å². The molecule has 0 saturated heterocycles. The van der Waals surface area contributed by atoms with E-state index >= 15 is 0 Å². The van der Waals surface area contributed by atoms with Gasteiger partial charge in [-0.3, -0.25) is 0 Å². The van der Waals surface area contributed by atoms with Crippen molar-refractivity contribution in [2.45, 2.75) is 13.3 Å². The first-order valence-corrected chi connectivity index (χ1v) is 2.14. The molecule has 0 aliphatic heterocycles. The molecule has 0 bridgehead atoms. The van der Waals surface area contributed by atoms with Gasteiger partial charge in [-0.1, -0.05) is 12.2 Å². The van der Waals surface area contributed by atoms with Crippen LogP contribution < -0.4 is 0 Å². The van der Waals surface area contributed by atoms with Gasteiger partial charge in [-0.15, -0.1) is 0 Å². The van der Waals surface area contributed by atoms with Crippen LogP contribution in [0.2, 0.25) is 0 Å². The lowest BCUT2D eigenvalue weighted by molar-refractivity contribution is 0.302. The Balaban J connectivity index is 2.66. The Hall–Kier alpha value is -0.300. The van der Waals surface area contributed by atoms with Crippen molar-refractivity contribution in [2.24, 2.45) is 0 Å². The van der Waals surface area contributed by atoms with Gasteiger partial charge >= 0.3 is 0 Å². The topological polar surface area (TPSA) is 20.2 Å². The van der Waals surface area contributed by atoms with E-state index in [1.807, 2.05) is 19.1 Å². The fraction of sp³-hybridized carbons (Fsp3) is 0.600. The maximum Gasteiger partial charge on any atom is 0.0465 e. The molecule has 0 aromatic carbocycles. The minimum absolute atomic E-state index is 0.268. The fourth-order valence-corrected chi connectivity index (χ4v) is 0.241. The Bertz CT molecular complexity index is 39.2. The second-order valence-electron chi connectivity index (χ2n) is 1.08. The number of allylic oxidation sites excluding steroid dienone is 1. The summed E-state index contributed by atoms with van der Waals surface area (Å²) < 4.78 is 0. The molecule has 0 aliphatic carbocycles. The van der Waals surface area contributed by atoms with Crippen molar-refractivity contribution >= 4 is 0 Å². The molecular weight excluding hydrogens is 76.1 g/mol. The second kappa shape index (κ2) is 4.70. The summed E-state index contributed by atoms with van der Waals surface area (Å²) in [6, 6.07) is 0. The van der Waals surface area contributed by atoms with Crippen molar-refractivity contribution < 1.29 is 5.11 Å². The predicted molar refractivity (Wildman–Crippen MR) is 26.5 cm³/mol. The largest absolute Gasteiger partial charge is 0.396 e. The van der Waals surface area contributed by atoms with Crippen LogP contribution in [0.25, 0.3) is 0 Å². The third-order valence-corrected chi connectivity index (χ3v) is 0.531. The van der Waals surface area contributed by atoms with Crippen molar-refractivity contribution in [2.75, 3.05) is 6.61 Å². The smallest absolute Gasteiger partial charge is 0.0465 e. The van der Waals surface area contributed by atoms with Gasteiger partial charge in [0.05, 0.1) is 0 Å². The summed E-state index contributed by atoms with van der Waals surface area (Å²) >= 11 is 0. The molecule has 36 valence electrons. The zero-order chi connectivity index (χ0) is 4.83. The molecule has 1 N–H and O–H groups in total. The van der Waals surface area contributed by atoms with Gasteiger partial charge in [0.25, 0.3) is 0 Å². The molecule has 6 heavy (non-hydrogen) atoms. The standard InChI is InChI=1S/C5H10O/c1-2-3-4-5-6/h2-3,6H,4-5H2,1H3/b3-2-. The lowest BCUT2D eigenvalue weighted by atomic mass is 10.4. The SMILES string of the molecule is C/C=C\CCO. The van der Waals surface area contributed by atoms with E-state index in [0.717, 1.165) is 6.42 Å². The number of hydrogen-bond acceptors (Lipinski definition) is 1. The molecule has 0 amide bonds. The number of aliphatic hydroxyl groups excluding tert-OH is 1. The van der Waals surface area contributed by atoms with Crippen molar-refractivity contribution in [3.05, 3.63) is 12.2 Å².